The molecular weight excluding hydrogens is 248 g/mol. The van der Waals surface area contributed by atoms with Gasteiger partial charge in [-0.15, -0.1) is 12.6 Å². The molecule has 0 spiro atoms. The molecule has 0 atom stereocenters. The second kappa shape index (κ2) is 4.86. The van der Waals surface area contributed by atoms with Gasteiger partial charge in [0.1, 0.15) is 0 Å². The molecule has 1 aromatic rings. The lowest BCUT2D eigenvalue weighted by Gasteiger charge is -2.35. The third-order valence-corrected chi connectivity index (χ3v) is 7.98. The summed E-state index contributed by atoms with van der Waals surface area (Å²) in [6.07, 6.45) is 0. The summed E-state index contributed by atoms with van der Waals surface area (Å²) in [4.78, 5) is 12.8. The fraction of sp³-hybridized carbons (Fsp3) is 0.462. The molecule has 0 amide bonds. The average molecular weight is 268 g/mol. The van der Waals surface area contributed by atoms with Crippen LogP contribution < -0.4 is 0 Å². The highest BCUT2D eigenvalue weighted by molar-refractivity contribution is 7.80. The normalized spacial score (nSPS) is 12.4. The minimum atomic E-state index is -2.06. The molecule has 0 fully saturated rings. The van der Waals surface area contributed by atoms with E-state index in [9.17, 15) is 4.79 Å². The summed E-state index contributed by atoms with van der Waals surface area (Å²) in [5.74, 6) is -0.262. The van der Waals surface area contributed by atoms with E-state index in [1.54, 1.807) is 12.1 Å². The van der Waals surface area contributed by atoms with Crippen molar-refractivity contribution < 1.29 is 9.22 Å². The molecule has 0 N–H and O–H groups in total. The monoisotopic (exact) mass is 268 g/mol. The molecule has 17 heavy (non-hydrogen) atoms. The van der Waals surface area contributed by atoms with Gasteiger partial charge in [0.2, 0.25) is 0 Å². The van der Waals surface area contributed by atoms with Gasteiger partial charge in [-0.05, 0) is 30.3 Å². The molecule has 0 aliphatic carbocycles. The third kappa shape index (κ3) is 3.36. The largest absolute Gasteiger partial charge is 0.516 e. The summed E-state index contributed by atoms with van der Waals surface area (Å²) in [7, 11) is -2.06. The van der Waals surface area contributed by atoms with Crippen molar-refractivity contribution >= 4 is 26.9 Å². The van der Waals surface area contributed by atoms with Crippen LogP contribution in [0.1, 0.15) is 31.1 Å². The maximum Gasteiger partial charge on any atom is 0.325 e. The van der Waals surface area contributed by atoms with Crippen molar-refractivity contribution in [1.29, 1.82) is 0 Å². The molecule has 4 heteroatoms. The summed E-state index contributed by atoms with van der Waals surface area (Å²) < 4.78 is 5.72. The third-order valence-electron chi connectivity index (χ3n) is 3.28. The Morgan fingerprint density at radius 2 is 1.76 bits per heavy atom. The first kappa shape index (κ1) is 14.3. The maximum atomic E-state index is 12.1. The molecule has 0 saturated carbocycles. The number of hydrogen-bond acceptors (Lipinski definition) is 3. The van der Waals surface area contributed by atoms with Crippen LogP contribution in [0, 0.1) is 0 Å². The zero-order valence-electron chi connectivity index (χ0n) is 11.1. The van der Waals surface area contributed by atoms with Crippen LogP contribution in [-0.4, -0.2) is 14.3 Å². The van der Waals surface area contributed by atoms with E-state index in [2.05, 4.69) is 46.5 Å². The number of rotatable bonds is 2. The molecule has 0 saturated heterocycles. The van der Waals surface area contributed by atoms with Crippen LogP contribution >= 0.6 is 12.6 Å². The molecule has 0 aliphatic heterocycles. The molecule has 0 aromatic heterocycles. The molecule has 0 radical (unpaired) electrons. The Balaban J connectivity index is 2.92. The molecule has 2 nitrogen and oxygen atoms in total. The van der Waals surface area contributed by atoms with E-state index < -0.39 is 8.32 Å². The molecule has 0 heterocycles. The SMILES string of the molecule is CC(C)(C)[Si](C)(C)OC(=O)c1ccccc1S. The Bertz CT molecular complexity index is 422. The standard InChI is InChI=1S/C13H20O2SSi/c1-13(2,3)17(4,5)15-12(14)10-8-6-7-9-11(10)16/h6-9,16H,1-5H3. The first-order valence-electron chi connectivity index (χ1n) is 5.66. The van der Waals surface area contributed by atoms with Gasteiger partial charge in [0, 0.05) is 4.90 Å². The Morgan fingerprint density at radius 3 is 2.24 bits per heavy atom. The minimum Gasteiger partial charge on any atom is -0.516 e. The number of thiol groups is 1. The van der Waals surface area contributed by atoms with Crippen LogP contribution in [0.2, 0.25) is 18.1 Å². The lowest BCUT2D eigenvalue weighted by molar-refractivity contribution is 0.0709. The number of hydrogen-bond donors (Lipinski definition) is 1. The average Bonchev–Trinajstić information content (AvgIpc) is 2.15. The zero-order chi connectivity index (χ0) is 13.3. The van der Waals surface area contributed by atoms with E-state index in [-0.39, 0.29) is 11.0 Å². The molecule has 94 valence electrons. The number of carbonyl (C=O) groups is 1. The quantitative estimate of drug-likeness (QED) is 0.644. The lowest BCUT2D eigenvalue weighted by atomic mass is 10.2. The molecule has 1 rings (SSSR count). The first-order chi connectivity index (χ1) is 7.65. The summed E-state index contributed by atoms with van der Waals surface area (Å²) in [5, 5.41) is 0.0220. The van der Waals surface area contributed by atoms with Gasteiger partial charge in [-0.25, -0.2) is 4.79 Å². The maximum absolute atomic E-state index is 12.1. The van der Waals surface area contributed by atoms with Crippen LogP contribution in [0.15, 0.2) is 29.2 Å². The fourth-order valence-electron chi connectivity index (χ4n) is 1.09. The highest BCUT2D eigenvalue weighted by atomic mass is 32.1. The molecular formula is C13H20O2SSi. The highest BCUT2D eigenvalue weighted by Crippen LogP contribution is 2.37. The van der Waals surface area contributed by atoms with Crippen LogP contribution in [-0.2, 0) is 4.43 Å². The zero-order valence-corrected chi connectivity index (χ0v) is 13.0. The van der Waals surface area contributed by atoms with Crippen LogP contribution in [0.4, 0.5) is 0 Å². The van der Waals surface area contributed by atoms with Crippen molar-refractivity contribution in [3.05, 3.63) is 29.8 Å². The summed E-state index contributed by atoms with van der Waals surface area (Å²) in [6, 6.07) is 7.22. The van der Waals surface area contributed by atoms with Gasteiger partial charge < -0.3 is 4.43 Å². The van der Waals surface area contributed by atoms with E-state index in [0.29, 0.717) is 10.5 Å². The predicted octanol–water partition coefficient (Wildman–Crippen LogP) is 4.14. The second-order valence-electron chi connectivity index (χ2n) is 5.67. The van der Waals surface area contributed by atoms with Gasteiger partial charge in [-0.1, -0.05) is 32.9 Å². The van der Waals surface area contributed by atoms with Crippen molar-refractivity contribution in [2.75, 3.05) is 0 Å². The van der Waals surface area contributed by atoms with Gasteiger partial charge in [-0.2, -0.15) is 0 Å². The minimum absolute atomic E-state index is 0.0220. The molecule has 0 aliphatic rings. The smallest absolute Gasteiger partial charge is 0.325 e. The van der Waals surface area contributed by atoms with E-state index in [0.717, 1.165) is 0 Å². The molecule has 0 bridgehead atoms. The van der Waals surface area contributed by atoms with Crippen LogP contribution in [0.5, 0.6) is 0 Å². The highest BCUT2D eigenvalue weighted by Gasteiger charge is 2.40. The lowest BCUT2D eigenvalue weighted by Crippen LogP contribution is -2.42. The van der Waals surface area contributed by atoms with Crippen LogP contribution in [0.3, 0.4) is 0 Å². The van der Waals surface area contributed by atoms with Crippen molar-refractivity contribution in [1.82, 2.24) is 0 Å². The first-order valence-corrected chi connectivity index (χ1v) is 9.02. The van der Waals surface area contributed by atoms with Gasteiger partial charge >= 0.3 is 5.97 Å². The van der Waals surface area contributed by atoms with Crippen molar-refractivity contribution in [3.8, 4) is 0 Å². The van der Waals surface area contributed by atoms with E-state index in [1.165, 1.54) is 0 Å². The fourth-order valence-corrected chi connectivity index (χ4v) is 2.22. The Kier molecular flexibility index (Phi) is 4.09. The molecule has 0 unspecified atom stereocenters. The second-order valence-corrected chi connectivity index (χ2v) is 10.9. The summed E-state index contributed by atoms with van der Waals surface area (Å²) in [6.45, 7) is 10.5. The Labute approximate surface area is 110 Å². The topological polar surface area (TPSA) is 26.3 Å². The van der Waals surface area contributed by atoms with Gasteiger partial charge in [0.25, 0.3) is 8.32 Å². The van der Waals surface area contributed by atoms with Crippen LogP contribution in [0.25, 0.3) is 0 Å². The van der Waals surface area contributed by atoms with E-state index in [4.69, 9.17) is 4.43 Å². The number of carbonyl (C=O) groups excluding carboxylic acids is 1. The Morgan fingerprint density at radius 1 is 1.24 bits per heavy atom. The van der Waals surface area contributed by atoms with Crippen molar-refractivity contribution in [3.63, 3.8) is 0 Å². The Hall–Kier alpha value is -0.743. The summed E-state index contributed by atoms with van der Waals surface area (Å²) in [5.41, 5.74) is 0.542. The van der Waals surface area contributed by atoms with Gasteiger partial charge in [0.15, 0.2) is 0 Å². The van der Waals surface area contributed by atoms with E-state index in [1.807, 2.05) is 12.1 Å². The predicted molar refractivity (Wildman–Crippen MR) is 76.3 cm³/mol. The van der Waals surface area contributed by atoms with Crippen molar-refractivity contribution in [2.45, 2.75) is 43.8 Å². The van der Waals surface area contributed by atoms with Gasteiger partial charge in [0.05, 0.1) is 5.56 Å². The molecule has 1 aromatic carbocycles. The number of benzene rings is 1. The van der Waals surface area contributed by atoms with E-state index >= 15 is 0 Å². The van der Waals surface area contributed by atoms with Gasteiger partial charge in [-0.3, -0.25) is 0 Å². The van der Waals surface area contributed by atoms with Crippen molar-refractivity contribution in [2.24, 2.45) is 0 Å². The summed E-state index contributed by atoms with van der Waals surface area (Å²) >= 11 is 4.27.